The number of rotatable bonds is 4. The zero-order valence-corrected chi connectivity index (χ0v) is 10.1. The van der Waals surface area contributed by atoms with Gasteiger partial charge in [-0.15, -0.1) is 0 Å². The third-order valence-corrected chi connectivity index (χ3v) is 1.86. The molecular weight excluding hydrogens is 198 g/mol. The third kappa shape index (κ3) is 6.65. The van der Waals surface area contributed by atoms with Crippen LogP contribution in [0.5, 0.6) is 0 Å². The minimum atomic E-state index is 0.0127. The molecule has 0 heterocycles. The van der Waals surface area contributed by atoms with Crippen molar-refractivity contribution < 1.29 is 4.79 Å². The smallest absolute Gasteiger partial charge is 0.241 e. The van der Waals surface area contributed by atoms with Crippen LogP contribution in [0.15, 0.2) is 0 Å². The Morgan fingerprint density at radius 3 is 2.36 bits per heavy atom. The first-order chi connectivity index (χ1) is 6.43. The molecule has 0 bridgehead atoms. The van der Waals surface area contributed by atoms with Gasteiger partial charge in [-0.05, 0) is 18.1 Å². The van der Waals surface area contributed by atoms with Crippen LogP contribution in [0.2, 0.25) is 0 Å². The van der Waals surface area contributed by atoms with E-state index in [-0.39, 0.29) is 12.5 Å². The van der Waals surface area contributed by atoms with Crippen LogP contribution in [0.1, 0.15) is 13.8 Å². The number of carbonyl (C=O) groups is 1. The summed E-state index contributed by atoms with van der Waals surface area (Å²) in [4.78, 5) is 12.7. The molecule has 0 radical (unpaired) electrons. The summed E-state index contributed by atoms with van der Waals surface area (Å²) in [7, 11) is 3.43. The predicted molar refractivity (Wildman–Crippen MR) is 62.1 cm³/mol. The lowest BCUT2D eigenvalue weighted by atomic mass is 10.2. The Morgan fingerprint density at radius 2 is 1.93 bits per heavy atom. The van der Waals surface area contributed by atoms with Gasteiger partial charge in [0.25, 0.3) is 0 Å². The minimum Gasteiger partial charge on any atom is -0.362 e. The van der Waals surface area contributed by atoms with Gasteiger partial charge in [0, 0.05) is 20.6 Å². The van der Waals surface area contributed by atoms with Crippen molar-refractivity contribution in [3.63, 3.8) is 0 Å². The summed E-state index contributed by atoms with van der Waals surface area (Å²) < 4.78 is 0. The van der Waals surface area contributed by atoms with Crippen molar-refractivity contribution in [3.05, 3.63) is 0 Å². The van der Waals surface area contributed by atoms with Gasteiger partial charge in [0.15, 0.2) is 5.11 Å². The number of hydrogen-bond acceptors (Lipinski definition) is 2. The molecule has 14 heavy (non-hydrogen) atoms. The summed E-state index contributed by atoms with van der Waals surface area (Å²) in [5, 5.41) is 6.41. The Morgan fingerprint density at radius 1 is 1.36 bits per heavy atom. The van der Waals surface area contributed by atoms with E-state index in [1.807, 2.05) is 0 Å². The summed E-state index contributed by atoms with van der Waals surface area (Å²) in [5.41, 5.74) is 0. The second-order valence-corrected chi connectivity index (χ2v) is 4.15. The average Bonchev–Trinajstić information content (AvgIpc) is 2.10. The van der Waals surface area contributed by atoms with Crippen molar-refractivity contribution in [2.24, 2.45) is 5.92 Å². The van der Waals surface area contributed by atoms with Crippen LogP contribution >= 0.6 is 12.2 Å². The maximum atomic E-state index is 11.2. The molecule has 0 aliphatic carbocycles. The average molecular weight is 217 g/mol. The van der Waals surface area contributed by atoms with Gasteiger partial charge >= 0.3 is 0 Å². The fourth-order valence-electron chi connectivity index (χ4n) is 0.673. The maximum Gasteiger partial charge on any atom is 0.241 e. The quantitative estimate of drug-likeness (QED) is 0.660. The third-order valence-electron chi connectivity index (χ3n) is 1.57. The summed E-state index contributed by atoms with van der Waals surface area (Å²) in [5.74, 6) is 0.554. The van der Waals surface area contributed by atoms with Gasteiger partial charge in [-0.25, -0.2) is 0 Å². The van der Waals surface area contributed by atoms with Crippen LogP contribution in [-0.4, -0.2) is 43.1 Å². The van der Waals surface area contributed by atoms with Gasteiger partial charge in [0.1, 0.15) is 0 Å². The van der Waals surface area contributed by atoms with Crippen molar-refractivity contribution >= 4 is 23.2 Å². The molecule has 1 amide bonds. The molecule has 0 fully saturated rings. The van der Waals surface area contributed by atoms with E-state index < -0.39 is 0 Å². The van der Waals surface area contributed by atoms with Crippen molar-refractivity contribution in [2.45, 2.75) is 13.8 Å². The fourth-order valence-corrected chi connectivity index (χ4v) is 0.829. The van der Waals surface area contributed by atoms with Gasteiger partial charge in [0.2, 0.25) is 5.91 Å². The lowest BCUT2D eigenvalue weighted by Gasteiger charge is -2.14. The van der Waals surface area contributed by atoms with Crippen molar-refractivity contribution in [1.29, 1.82) is 0 Å². The topological polar surface area (TPSA) is 44.4 Å². The molecule has 0 rings (SSSR count). The number of hydrogen-bond donors (Lipinski definition) is 2. The van der Waals surface area contributed by atoms with Gasteiger partial charge in [-0.1, -0.05) is 13.8 Å². The lowest BCUT2D eigenvalue weighted by Crippen LogP contribution is -2.42. The fraction of sp³-hybridized carbons (Fsp3) is 0.778. The molecule has 5 heteroatoms. The van der Waals surface area contributed by atoms with E-state index in [2.05, 4.69) is 24.5 Å². The number of nitrogens with zero attached hydrogens (tertiary/aromatic N) is 1. The molecular formula is C9H19N3OS. The van der Waals surface area contributed by atoms with Crippen LogP contribution in [0.4, 0.5) is 0 Å². The number of amides is 1. The molecule has 0 aromatic carbocycles. The molecule has 82 valence electrons. The summed E-state index contributed by atoms with van der Waals surface area (Å²) >= 11 is 4.98. The minimum absolute atomic E-state index is 0.0127. The standard InChI is InChI=1S/C9H19N3OS/c1-7(2)5-10-9(14)11-6-8(13)12(3)4/h7H,5-6H2,1-4H3,(H2,10,11,14). The SMILES string of the molecule is CC(C)CNC(=S)NCC(=O)N(C)C. The number of likely N-dealkylation sites (N-methyl/N-ethyl adjacent to an activating group) is 1. The maximum absolute atomic E-state index is 11.2. The molecule has 2 N–H and O–H groups in total. The van der Waals surface area contributed by atoms with Crippen molar-refractivity contribution in [2.75, 3.05) is 27.2 Å². The predicted octanol–water partition coefficient (Wildman–Crippen LogP) is 0.195. The van der Waals surface area contributed by atoms with Gasteiger partial charge in [-0.3, -0.25) is 4.79 Å². The summed E-state index contributed by atoms with van der Waals surface area (Å²) in [6.07, 6.45) is 0. The van der Waals surface area contributed by atoms with Crippen LogP contribution in [-0.2, 0) is 4.79 Å². The number of thiocarbonyl (C=S) groups is 1. The Kier molecular flexibility index (Phi) is 6.19. The van der Waals surface area contributed by atoms with Gasteiger partial charge in [-0.2, -0.15) is 0 Å². The van der Waals surface area contributed by atoms with E-state index >= 15 is 0 Å². The van der Waals surface area contributed by atoms with Crippen LogP contribution in [0.25, 0.3) is 0 Å². The van der Waals surface area contributed by atoms with E-state index in [0.29, 0.717) is 11.0 Å². The van der Waals surface area contributed by atoms with Crippen LogP contribution in [0.3, 0.4) is 0 Å². The second-order valence-electron chi connectivity index (χ2n) is 3.75. The molecule has 0 spiro atoms. The number of nitrogens with one attached hydrogen (secondary N) is 2. The molecule has 0 saturated carbocycles. The Labute approximate surface area is 91.0 Å². The highest BCUT2D eigenvalue weighted by molar-refractivity contribution is 7.80. The monoisotopic (exact) mass is 217 g/mol. The van der Waals surface area contributed by atoms with Crippen LogP contribution < -0.4 is 10.6 Å². The number of carbonyl (C=O) groups excluding carboxylic acids is 1. The molecule has 0 unspecified atom stereocenters. The van der Waals surface area contributed by atoms with Crippen LogP contribution in [0, 0.1) is 5.92 Å². The highest BCUT2D eigenvalue weighted by Crippen LogP contribution is 1.86. The van der Waals surface area contributed by atoms with E-state index in [9.17, 15) is 4.79 Å². The van der Waals surface area contributed by atoms with E-state index in [0.717, 1.165) is 6.54 Å². The molecule has 0 saturated heterocycles. The van der Waals surface area contributed by atoms with Crippen molar-refractivity contribution in [1.82, 2.24) is 15.5 Å². The lowest BCUT2D eigenvalue weighted by molar-refractivity contribution is -0.127. The van der Waals surface area contributed by atoms with Crippen molar-refractivity contribution in [3.8, 4) is 0 Å². The Balaban J connectivity index is 3.59. The zero-order valence-electron chi connectivity index (χ0n) is 9.26. The highest BCUT2D eigenvalue weighted by Gasteiger charge is 2.04. The van der Waals surface area contributed by atoms with E-state index in [1.165, 1.54) is 4.90 Å². The molecule has 0 aromatic rings. The van der Waals surface area contributed by atoms with E-state index in [4.69, 9.17) is 12.2 Å². The zero-order chi connectivity index (χ0) is 11.1. The first-order valence-corrected chi connectivity index (χ1v) is 5.06. The highest BCUT2D eigenvalue weighted by atomic mass is 32.1. The van der Waals surface area contributed by atoms with Gasteiger partial charge < -0.3 is 15.5 Å². The Hall–Kier alpha value is -0.840. The largest absolute Gasteiger partial charge is 0.362 e. The molecule has 0 aliphatic rings. The van der Waals surface area contributed by atoms with E-state index in [1.54, 1.807) is 14.1 Å². The normalized spacial score (nSPS) is 9.79. The Bertz CT molecular complexity index is 204. The first kappa shape index (κ1) is 13.2. The molecule has 0 atom stereocenters. The molecule has 4 nitrogen and oxygen atoms in total. The first-order valence-electron chi connectivity index (χ1n) is 4.65. The summed E-state index contributed by atoms with van der Waals surface area (Å²) in [6.45, 7) is 5.26. The second kappa shape index (κ2) is 6.59. The van der Waals surface area contributed by atoms with Gasteiger partial charge in [0.05, 0.1) is 6.54 Å². The summed E-state index contributed by atoms with van der Waals surface area (Å²) in [6, 6.07) is 0. The molecule has 0 aliphatic heterocycles. The molecule has 0 aromatic heterocycles.